The van der Waals surface area contributed by atoms with Crippen LogP contribution in [0.1, 0.15) is 20.2 Å². The van der Waals surface area contributed by atoms with Crippen LogP contribution in [0.3, 0.4) is 0 Å². The minimum Gasteiger partial charge on any atom is -0.397 e. The highest BCUT2D eigenvalue weighted by atomic mass is 35.5. The molecule has 0 bridgehead atoms. The van der Waals surface area contributed by atoms with Gasteiger partial charge in [-0.1, -0.05) is 23.2 Å². The average molecular weight is 330 g/mol. The van der Waals surface area contributed by atoms with Crippen molar-refractivity contribution in [2.75, 3.05) is 12.8 Å². The zero-order valence-electron chi connectivity index (χ0n) is 11.0. The molecule has 0 saturated carbocycles. The number of hydrogen-bond acceptors (Lipinski definition) is 4. The van der Waals surface area contributed by atoms with Gasteiger partial charge in [0, 0.05) is 23.7 Å². The van der Waals surface area contributed by atoms with E-state index >= 15 is 0 Å². The smallest absolute Gasteiger partial charge is 0.254 e. The highest BCUT2D eigenvalue weighted by molar-refractivity contribution is 7.11. The fourth-order valence-electron chi connectivity index (χ4n) is 1.74. The van der Waals surface area contributed by atoms with Gasteiger partial charge in [0.25, 0.3) is 5.91 Å². The Morgan fingerprint density at radius 2 is 2.15 bits per heavy atom. The van der Waals surface area contributed by atoms with Crippen LogP contribution in [0.25, 0.3) is 0 Å². The number of aryl methyl sites for hydroxylation is 1. The lowest BCUT2D eigenvalue weighted by molar-refractivity contribution is 0.0786. The second-order valence-electron chi connectivity index (χ2n) is 4.37. The van der Waals surface area contributed by atoms with E-state index in [1.807, 2.05) is 6.92 Å². The summed E-state index contributed by atoms with van der Waals surface area (Å²) in [6.07, 6.45) is 1.77. The first-order chi connectivity index (χ1) is 9.38. The quantitative estimate of drug-likeness (QED) is 0.875. The van der Waals surface area contributed by atoms with Crippen LogP contribution in [-0.2, 0) is 6.54 Å². The van der Waals surface area contributed by atoms with Crippen LogP contribution < -0.4 is 5.73 Å². The predicted octanol–water partition coefficient (Wildman–Crippen LogP) is 3.61. The maximum absolute atomic E-state index is 12.3. The first kappa shape index (κ1) is 15.1. The van der Waals surface area contributed by atoms with E-state index < -0.39 is 0 Å². The summed E-state index contributed by atoms with van der Waals surface area (Å²) in [7, 11) is 1.72. The molecule has 4 nitrogen and oxygen atoms in total. The number of carbonyl (C=O) groups excluding carboxylic acids is 1. The summed E-state index contributed by atoms with van der Waals surface area (Å²) in [5.74, 6) is -0.165. The molecule has 0 aliphatic carbocycles. The number of nitrogens with zero attached hydrogens (tertiary/aromatic N) is 2. The van der Waals surface area contributed by atoms with Gasteiger partial charge in [0.1, 0.15) is 0 Å². The third kappa shape index (κ3) is 3.23. The lowest BCUT2D eigenvalue weighted by atomic mass is 10.1. The normalized spacial score (nSPS) is 10.6. The number of carbonyl (C=O) groups is 1. The van der Waals surface area contributed by atoms with Gasteiger partial charge in [0.15, 0.2) is 0 Å². The molecule has 1 aromatic carbocycles. The molecule has 0 atom stereocenters. The molecular formula is C13H13Cl2N3OS. The first-order valence-electron chi connectivity index (χ1n) is 5.79. The van der Waals surface area contributed by atoms with Gasteiger partial charge in [-0.15, -0.1) is 11.3 Å². The number of anilines is 1. The zero-order valence-corrected chi connectivity index (χ0v) is 13.3. The van der Waals surface area contributed by atoms with E-state index in [1.54, 1.807) is 29.5 Å². The predicted molar refractivity (Wildman–Crippen MR) is 83.5 cm³/mol. The summed E-state index contributed by atoms with van der Waals surface area (Å²) in [6.45, 7) is 2.42. The van der Waals surface area contributed by atoms with E-state index in [1.165, 1.54) is 12.1 Å². The minimum absolute atomic E-state index is 0.165. The molecule has 0 fully saturated rings. The molecule has 0 unspecified atom stereocenters. The van der Waals surface area contributed by atoms with Crippen LogP contribution in [0.2, 0.25) is 10.0 Å². The van der Waals surface area contributed by atoms with Gasteiger partial charge in [-0.3, -0.25) is 4.79 Å². The summed E-state index contributed by atoms with van der Waals surface area (Å²) >= 11 is 13.4. The summed E-state index contributed by atoms with van der Waals surface area (Å²) in [5.41, 5.74) is 6.43. The maximum atomic E-state index is 12.3. The third-order valence-electron chi connectivity index (χ3n) is 2.71. The van der Waals surface area contributed by atoms with Crippen LogP contribution in [0.5, 0.6) is 0 Å². The molecule has 2 rings (SSSR count). The van der Waals surface area contributed by atoms with Gasteiger partial charge in [-0.05, 0) is 19.1 Å². The van der Waals surface area contributed by atoms with Gasteiger partial charge < -0.3 is 10.6 Å². The number of amides is 1. The van der Waals surface area contributed by atoms with Crippen LogP contribution >= 0.6 is 34.5 Å². The van der Waals surface area contributed by atoms with Gasteiger partial charge in [0.05, 0.1) is 27.3 Å². The van der Waals surface area contributed by atoms with E-state index in [9.17, 15) is 4.79 Å². The van der Waals surface area contributed by atoms with E-state index in [-0.39, 0.29) is 16.0 Å². The molecule has 106 valence electrons. The minimum atomic E-state index is -0.165. The number of rotatable bonds is 3. The topological polar surface area (TPSA) is 59.2 Å². The second-order valence-corrected chi connectivity index (χ2v) is 6.47. The first-order valence-corrected chi connectivity index (χ1v) is 7.37. The van der Waals surface area contributed by atoms with E-state index in [2.05, 4.69) is 4.98 Å². The Morgan fingerprint density at radius 3 is 2.70 bits per heavy atom. The molecular weight excluding hydrogens is 317 g/mol. The summed E-state index contributed by atoms with van der Waals surface area (Å²) in [6, 6.07) is 3.06. The van der Waals surface area contributed by atoms with E-state index in [0.717, 1.165) is 9.88 Å². The monoisotopic (exact) mass is 329 g/mol. The van der Waals surface area contributed by atoms with Crippen molar-refractivity contribution in [2.45, 2.75) is 13.5 Å². The largest absolute Gasteiger partial charge is 0.397 e. The molecule has 1 heterocycles. The van der Waals surface area contributed by atoms with Crippen molar-refractivity contribution in [2.24, 2.45) is 0 Å². The average Bonchev–Trinajstić information content (AvgIpc) is 2.79. The summed E-state index contributed by atoms with van der Waals surface area (Å²) in [5, 5.41) is 1.51. The Bertz CT molecular complexity index is 634. The Labute approximate surface area is 131 Å². The molecule has 1 aromatic heterocycles. The molecule has 20 heavy (non-hydrogen) atoms. The number of halogens is 2. The molecule has 2 N–H and O–H groups in total. The number of thiazole rings is 1. The van der Waals surface area contributed by atoms with Gasteiger partial charge >= 0.3 is 0 Å². The second kappa shape index (κ2) is 5.99. The van der Waals surface area contributed by atoms with Crippen molar-refractivity contribution in [3.8, 4) is 0 Å². The zero-order chi connectivity index (χ0) is 14.9. The Morgan fingerprint density at radius 1 is 1.45 bits per heavy atom. The molecule has 1 amide bonds. The van der Waals surface area contributed by atoms with E-state index in [4.69, 9.17) is 28.9 Å². The summed E-state index contributed by atoms with van der Waals surface area (Å²) in [4.78, 5) is 19.1. The van der Waals surface area contributed by atoms with Crippen molar-refractivity contribution in [1.29, 1.82) is 0 Å². The van der Waals surface area contributed by atoms with Crippen molar-refractivity contribution >= 4 is 46.1 Å². The van der Waals surface area contributed by atoms with Crippen molar-refractivity contribution in [3.05, 3.63) is 43.8 Å². The molecule has 7 heteroatoms. The molecule has 0 spiro atoms. The number of nitrogens with two attached hydrogens (primary N) is 1. The van der Waals surface area contributed by atoms with Crippen molar-refractivity contribution < 1.29 is 4.79 Å². The van der Waals surface area contributed by atoms with Crippen LogP contribution in [0, 0.1) is 6.92 Å². The number of benzene rings is 1. The third-order valence-corrected chi connectivity index (χ3v) is 4.43. The van der Waals surface area contributed by atoms with Crippen molar-refractivity contribution in [3.63, 3.8) is 0 Å². The fraction of sp³-hybridized carbons (Fsp3) is 0.231. The van der Waals surface area contributed by atoms with Crippen LogP contribution in [0.15, 0.2) is 18.3 Å². The van der Waals surface area contributed by atoms with Gasteiger partial charge in [-0.25, -0.2) is 4.98 Å². The lowest BCUT2D eigenvalue weighted by Crippen LogP contribution is -2.25. The Kier molecular flexibility index (Phi) is 4.52. The molecule has 0 aliphatic rings. The Hall–Kier alpha value is -1.30. The van der Waals surface area contributed by atoms with Gasteiger partial charge in [0.2, 0.25) is 0 Å². The molecule has 2 aromatic rings. The maximum Gasteiger partial charge on any atom is 0.254 e. The lowest BCUT2D eigenvalue weighted by Gasteiger charge is -2.17. The fourth-order valence-corrected chi connectivity index (χ4v) is 2.92. The SMILES string of the molecule is Cc1ncc(CN(C)C(=O)c2cc(N)c(Cl)c(Cl)c2)s1. The number of aromatic nitrogens is 1. The molecule has 0 aliphatic heterocycles. The number of nitrogen functional groups attached to an aromatic ring is 1. The van der Waals surface area contributed by atoms with Gasteiger partial charge in [-0.2, -0.15) is 0 Å². The van der Waals surface area contributed by atoms with Crippen molar-refractivity contribution in [1.82, 2.24) is 9.88 Å². The summed E-state index contributed by atoms with van der Waals surface area (Å²) < 4.78 is 0. The highest BCUT2D eigenvalue weighted by Crippen LogP contribution is 2.30. The molecule has 0 saturated heterocycles. The van der Waals surface area contributed by atoms with Crippen LogP contribution in [0.4, 0.5) is 5.69 Å². The standard InChI is InChI=1S/C13H13Cl2N3OS/c1-7-17-5-9(20-7)6-18(2)13(19)8-3-10(14)12(15)11(16)4-8/h3-5H,6,16H2,1-2H3. The Balaban J connectivity index is 2.18. The van der Waals surface area contributed by atoms with Crippen LogP contribution in [-0.4, -0.2) is 22.8 Å². The van der Waals surface area contributed by atoms with E-state index in [0.29, 0.717) is 17.8 Å². The highest BCUT2D eigenvalue weighted by Gasteiger charge is 2.16. The molecule has 0 radical (unpaired) electrons. The number of hydrogen-bond donors (Lipinski definition) is 1.